The molecule has 0 aliphatic carbocycles. The van der Waals surface area contributed by atoms with Crippen LogP contribution >= 0.6 is 11.9 Å². The molecule has 1 aliphatic rings. The monoisotopic (exact) mass is 355 g/mol. The van der Waals surface area contributed by atoms with E-state index in [0.29, 0.717) is 0 Å². The number of benzene rings is 1. The van der Waals surface area contributed by atoms with Gasteiger partial charge in [0.05, 0.1) is 36.9 Å². The van der Waals surface area contributed by atoms with Gasteiger partial charge in [0, 0.05) is 48.9 Å². The molecule has 25 heavy (non-hydrogen) atoms. The number of hydrogen-bond donors (Lipinski definition) is 1. The molecule has 130 valence electrons. The summed E-state index contributed by atoms with van der Waals surface area (Å²) in [7, 11) is 0. The van der Waals surface area contributed by atoms with Crippen LogP contribution < -0.4 is 9.62 Å². The van der Waals surface area contributed by atoms with Gasteiger partial charge in [0.15, 0.2) is 0 Å². The van der Waals surface area contributed by atoms with Gasteiger partial charge in [-0.15, -0.1) is 0 Å². The highest BCUT2D eigenvalue weighted by molar-refractivity contribution is 8.00. The Morgan fingerprint density at radius 1 is 1.24 bits per heavy atom. The summed E-state index contributed by atoms with van der Waals surface area (Å²) < 4.78 is 11.0. The Kier molecular flexibility index (Phi) is 4.76. The van der Waals surface area contributed by atoms with Crippen LogP contribution in [-0.4, -0.2) is 40.8 Å². The Labute approximate surface area is 151 Å². The van der Waals surface area contributed by atoms with Gasteiger partial charge in [-0.1, -0.05) is 0 Å². The predicted octanol–water partition coefficient (Wildman–Crippen LogP) is 3.41. The lowest BCUT2D eigenvalue weighted by molar-refractivity contribution is 0.123. The smallest absolute Gasteiger partial charge is 0.115 e. The van der Waals surface area contributed by atoms with Crippen molar-refractivity contribution < 1.29 is 4.74 Å². The summed E-state index contributed by atoms with van der Waals surface area (Å²) in [4.78, 5) is 11.2. The molecule has 3 aromatic rings. The normalized spacial score (nSPS) is 14.8. The number of morpholine rings is 1. The van der Waals surface area contributed by atoms with Crippen molar-refractivity contribution in [1.29, 1.82) is 0 Å². The highest BCUT2D eigenvalue weighted by Crippen LogP contribution is 2.33. The molecule has 0 unspecified atom stereocenters. The highest BCUT2D eigenvalue weighted by Gasteiger charge is 2.16. The minimum atomic E-state index is 0.776. The molecule has 0 bridgehead atoms. The minimum Gasteiger partial charge on any atom is -0.378 e. The lowest BCUT2D eigenvalue weighted by atomic mass is 10.1. The standard InChI is InChI=1S/C18H21N5OS/c1-2-22-13-19-12-17(22)25-21-15-5-6-16(23-8-10-24-11-9-23)14-4-3-7-20-18(14)15/h3-7,12-13,21H,2,8-11H2,1H3. The van der Waals surface area contributed by atoms with Crippen molar-refractivity contribution in [3.05, 3.63) is 43.0 Å². The van der Waals surface area contributed by atoms with Crippen LogP contribution in [0.2, 0.25) is 0 Å². The van der Waals surface area contributed by atoms with Crippen LogP contribution in [0.25, 0.3) is 10.9 Å². The molecule has 4 rings (SSSR count). The van der Waals surface area contributed by atoms with E-state index in [1.54, 1.807) is 11.9 Å². The molecule has 0 atom stereocenters. The van der Waals surface area contributed by atoms with Crippen molar-refractivity contribution in [2.75, 3.05) is 35.9 Å². The zero-order valence-electron chi connectivity index (χ0n) is 14.2. The van der Waals surface area contributed by atoms with E-state index >= 15 is 0 Å². The predicted molar refractivity (Wildman–Crippen MR) is 102 cm³/mol. The first-order valence-electron chi connectivity index (χ1n) is 8.50. The Balaban J connectivity index is 1.64. The molecule has 1 fully saturated rings. The quantitative estimate of drug-likeness (QED) is 0.708. The molecule has 1 saturated heterocycles. The van der Waals surface area contributed by atoms with Gasteiger partial charge in [0.2, 0.25) is 0 Å². The molecule has 6 nitrogen and oxygen atoms in total. The average Bonchev–Trinajstić information content (AvgIpc) is 3.14. The van der Waals surface area contributed by atoms with Crippen LogP contribution in [0.4, 0.5) is 11.4 Å². The van der Waals surface area contributed by atoms with Crippen molar-refractivity contribution in [2.24, 2.45) is 0 Å². The summed E-state index contributed by atoms with van der Waals surface area (Å²) in [5.74, 6) is 0. The topological polar surface area (TPSA) is 55.2 Å². The van der Waals surface area contributed by atoms with E-state index < -0.39 is 0 Å². The number of nitrogens with zero attached hydrogens (tertiary/aromatic N) is 4. The summed E-state index contributed by atoms with van der Waals surface area (Å²) in [5.41, 5.74) is 3.23. The number of aromatic nitrogens is 3. The van der Waals surface area contributed by atoms with Crippen molar-refractivity contribution in [2.45, 2.75) is 18.5 Å². The van der Waals surface area contributed by atoms with Gasteiger partial charge in [0.25, 0.3) is 0 Å². The van der Waals surface area contributed by atoms with Crippen molar-refractivity contribution in [3.63, 3.8) is 0 Å². The first-order valence-corrected chi connectivity index (χ1v) is 9.32. The van der Waals surface area contributed by atoms with Crippen LogP contribution in [0.1, 0.15) is 6.92 Å². The lowest BCUT2D eigenvalue weighted by Gasteiger charge is -2.30. The number of ether oxygens (including phenoxy) is 1. The number of fused-ring (bicyclic) bond motifs is 1. The van der Waals surface area contributed by atoms with E-state index in [1.165, 1.54) is 11.1 Å². The largest absolute Gasteiger partial charge is 0.378 e. The number of nitrogens with one attached hydrogen (secondary N) is 1. The summed E-state index contributed by atoms with van der Waals surface area (Å²) in [6.45, 7) is 6.40. The van der Waals surface area contributed by atoms with E-state index in [0.717, 1.165) is 49.1 Å². The second kappa shape index (κ2) is 7.33. The number of pyridine rings is 1. The van der Waals surface area contributed by atoms with Gasteiger partial charge in [-0.3, -0.25) is 4.98 Å². The van der Waals surface area contributed by atoms with Gasteiger partial charge in [-0.05, 0) is 31.2 Å². The lowest BCUT2D eigenvalue weighted by Crippen LogP contribution is -2.36. The maximum Gasteiger partial charge on any atom is 0.115 e. The molecule has 0 radical (unpaired) electrons. The fraction of sp³-hybridized carbons (Fsp3) is 0.333. The fourth-order valence-electron chi connectivity index (χ4n) is 3.06. The van der Waals surface area contributed by atoms with Crippen LogP contribution in [0.15, 0.2) is 48.0 Å². The van der Waals surface area contributed by atoms with E-state index in [2.05, 4.69) is 49.3 Å². The first-order chi connectivity index (χ1) is 12.4. The molecule has 1 aromatic carbocycles. The third-order valence-electron chi connectivity index (χ3n) is 4.38. The number of rotatable bonds is 5. The van der Waals surface area contributed by atoms with Crippen LogP contribution in [-0.2, 0) is 11.3 Å². The first kappa shape index (κ1) is 16.2. The Morgan fingerprint density at radius 2 is 2.12 bits per heavy atom. The molecule has 2 aromatic heterocycles. The summed E-state index contributed by atoms with van der Waals surface area (Å²) in [5, 5.41) is 2.25. The molecule has 1 N–H and O–H groups in total. The summed E-state index contributed by atoms with van der Waals surface area (Å²) in [6.07, 6.45) is 5.57. The van der Waals surface area contributed by atoms with E-state index in [1.807, 2.05) is 24.8 Å². The van der Waals surface area contributed by atoms with E-state index in [-0.39, 0.29) is 0 Å². The van der Waals surface area contributed by atoms with E-state index in [9.17, 15) is 0 Å². The third-order valence-corrected chi connectivity index (χ3v) is 5.25. The maximum atomic E-state index is 5.48. The number of hydrogen-bond acceptors (Lipinski definition) is 6. The fourth-order valence-corrected chi connectivity index (χ4v) is 3.84. The summed E-state index contributed by atoms with van der Waals surface area (Å²) in [6, 6.07) is 8.42. The van der Waals surface area contributed by atoms with E-state index in [4.69, 9.17) is 4.74 Å². The number of imidazole rings is 1. The minimum absolute atomic E-state index is 0.776. The van der Waals surface area contributed by atoms with Gasteiger partial charge < -0.3 is 18.9 Å². The van der Waals surface area contributed by atoms with Crippen molar-refractivity contribution in [1.82, 2.24) is 14.5 Å². The van der Waals surface area contributed by atoms with Gasteiger partial charge in [0.1, 0.15) is 5.03 Å². The van der Waals surface area contributed by atoms with Crippen LogP contribution in [0, 0.1) is 0 Å². The highest BCUT2D eigenvalue weighted by atomic mass is 32.2. The molecule has 0 saturated carbocycles. The Hall–Kier alpha value is -2.25. The van der Waals surface area contributed by atoms with Gasteiger partial charge in [-0.2, -0.15) is 0 Å². The average molecular weight is 355 g/mol. The molecule has 7 heteroatoms. The van der Waals surface area contributed by atoms with Gasteiger partial charge in [-0.25, -0.2) is 4.98 Å². The molecule has 0 amide bonds. The van der Waals surface area contributed by atoms with Gasteiger partial charge >= 0.3 is 0 Å². The van der Waals surface area contributed by atoms with Crippen LogP contribution in [0.3, 0.4) is 0 Å². The summed E-state index contributed by atoms with van der Waals surface area (Å²) >= 11 is 1.56. The maximum absolute atomic E-state index is 5.48. The molecular weight excluding hydrogens is 334 g/mol. The Bertz CT molecular complexity index is 860. The molecule has 0 spiro atoms. The number of anilines is 2. The van der Waals surface area contributed by atoms with Crippen molar-refractivity contribution in [3.8, 4) is 0 Å². The number of aryl methyl sites for hydroxylation is 1. The third kappa shape index (κ3) is 3.29. The second-order valence-corrected chi connectivity index (χ2v) is 6.68. The SMILES string of the molecule is CCn1cncc1SNc1ccc(N2CCOCC2)c2cccnc12. The zero-order chi connectivity index (χ0) is 17.1. The van der Waals surface area contributed by atoms with Crippen molar-refractivity contribution >= 4 is 34.2 Å². The molecule has 3 heterocycles. The second-order valence-electron chi connectivity index (χ2n) is 5.85. The molecule has 1 aliphatic heterocycles. The zero-order valence-corrected chi connectivity index (χ0v) is 15.0. The molecular formula is C18H21N5OS. The van der Waals surface area contributed by atoms with Crippen LogP contribution in [0.5, 0.6) is 0 Å². The Morgan fingerprint density at radius 3 is 2.96 bits per heavy atom.